The number of hydrogen-bond acceptors (Lipinski definition) is 6. The van der Waals surface area contributed by atoms with Gasteiger partial charge >= 0.3 is 108 Å². The van der Waals surface area contributed by atoms with Crippen molar-refractivity contribution in [2.45, 2.75) is 155 Å². The average molecular weight is 531 g/mol. The molecule has 0 aromatic carbocycles. The molecule has 0 saturated heterocycles. The van der Waals surface area contributed by atoms with Crippen LogP contribution in [0.1, 0.15) is 155 Å². The zero-order chi connectivity index (χ0) is 25.8. The van der Waals surface area contributed by atoms with Gasteiger partial charge in [0.15, 0.2) is 0 Å². The summed E-state index contributed by atoms with van der Waals surface area (Å²) in [5.41, 5.74) is 0. The summed E-state index contributed by atoms with van der Waals surface area (Å²) in [7, 11) is -5.89. The van der Waals surface area contributed by atoms with Crippen LogP contribution in [0.4, 0.5) is 0 Å². The Bertz CT molecular complexity index is 368. The van der Waals surface area contributed by atoms with Crippen molar-refractivity contribution in [3.63, 3.8) is 0 Å². The van der Waals surface area contributed by atoms with Crippen molar-refractivity contribution in [1.29, 1.82) is 0 Å². The van der Waals surface area contributed by atoms with Gasteiger partial charge in [0, 0.05) is 0 Å². The van der Waals surface area contributed by atoms with E-state index in [1.807, 2.05) is 0 Å². The second-order valence-corrected chi connectivity index (χ2v) is 12.5. The molecular weight excluding hydrogens is 470 g/mol. The fraction of sp³-hybridized carbons (Fsp3) is 1.00. The Balaban J connectivity index is 0. The van der Waals surface area contributed by atoms with Crippen LogP contribution in [0, 0.1) is 0 Å². The first-order chi connectivity index (χ1) is 16.3. The summed E-state index contributed by atoms with van der Waals surface area (Å²) in [6, 6.07) is 0. The summed E-state index contributed by atoms with van der Waals surface area (Å²) in [6.07, 6.45) is 28.0. The molecule has 0 aliphatic rings. The molecule has 0 saturated carbocycles. The summed E-state index contributed by atoms with van der Waals surface area (Å²) < 4.78 is 4.70. The van der Waals surface area contributed by atoms with Gasteiger partial charge in [-0.05, 0) is 6.42 Å². The van der Waals surface area contributed by atoms with Crippen LogP contribution in [0.3, 0.4) is 0 Å². The van der Waals surface area contributed by atoms with E-state index >= 15 is 0 Å². The van der Waals surface area contributed by atoms with Crippen LogP contribution in [0.5, 0.6) is 0 Å². The number of unbranched alkanes of at least 4 members (excludes halogenated alkanes) is 20. The van der Waals surface area contributed by atoms with Crippen LogP contribution in [0.25, 0.3) is 0 Å². The maximum absolute atomic E-state index is 8.81. The van der Waals surface area contributed by atoms with E-state index in [9.17, 15) is 0 Å². The van der Waals surface area contributed by atoms with Gasteiger partial charge in [-0.2, -0.15) is 0 Å². The molecule has 34 heavy (non-hydrogen) atoms. The van der Waals surface area contributed by atoms with E-state index in [1.165, 1.54) is 109 Å². The van der Waals surface area contributed by atoms with Crippen molar-refractivity contribution in [3.8, 4) is 0 Å². The first-order valence-corrected chi connectivity index (χ1v) is 17.5. The van der Waals surface area contributed by atoms with E-state index in [0.717, 1.165) is 32.1 Å². The molecule has 0 aliphatic carbocycles. The Morgan fingerprint density at radius 2 is 0.765 bits per heavy atom. The summed E-state index contributed by atoms with van der Waals surface area (Å²) in [5.74, 6) is 0. The average Bonchev–Trinajstić information content (AvgIpc) is 2.78. The normalized spacial score (nSPS) is 12.1. The molecule has 210 valence electrons. The van der Waals surface area contributed by atoms with Crippen molar-refractivity contribution in [3.05, 3.63) is 0 Å². The van der Waals surface area contributed by atoms with Crippen molar-refractivity contribution >= 4 is 16.5 Å². The Kier molecular flexibility index (Phi) is 32.3. The van der Waals surface area contributed by atoms with E-state index in [2.05, 4.69) is 13.8 Å². The molecular formula is C26H60O6P2. The molecule has 0 fully saturated rings. The molecule has 0 bridgehead atoms. The molecule has 0 radical (unpaired) electrons. The van der Waals surface area contributed by atoms with E-state index in [4.69, 9.17) is 29.0 Å². The Morgan fingerprint density at radius 1 is 0.471 bits per heavy atom. The van der Waals surface area contributed by atoms with Crippen LogP contribution < -0.4 is 0 Å². The second-order valence-electron chi connectivity index (χ2n) is 9.68. The molecule has 5 N–H and O–H groups in total. The van der Waals surface area contributed by atoms with Gasteiger partial charge in [0.25, 0.3) is 0 Å². The van der Waals surface area contributed by atoms with Gasteiger partial charge in [-0.15, -0.1) is 0 Å². The van der Waals surface area contributed by atoms with Gasteiger partial charge < -0.3 is 14.3 Å². The van der Waals surface area contributed by atoms with Crippen molar-refractivity contribution in [2.24, 2.45) is 0 Å². The van der Waals surface area contributed by atoms with E-state index in [1.54, 1.807) is 0 Å². The Labute approximate surface area is 213 Å². The van der Waals surface area contributed by atoms with E-state index in [0.29, 0.717) is 6.61 Å². The van der Waals surface area contributed by atoms with Gasteiger partial charge in [-0.3, -0.25) is 0 Å². The molecule has 8 heteroatoms. The standard InChI is InChI=1S/C13H31O3P.C13H29O3P/c1-2-3-4-5-6-7-8-9-10-11-12-13-17(14,15)16;1-2-3-4-5-6-7-8-9-10-11-12-13-16-17(14)15/h14-17H,2-13H2,1H3;14-15H,2-13H2,1H3. The summed E-state index contributed by atoms with van der Waals surface area (Å²) in [5, 5.41) is 0. The van der Waals surface area contributed by atoms with Crippen LogP contribution in [0.2, 0.25) is 0 Å². The van der Waals surface area contributed by atoms with Crippen molar-refractivity contribution in [1.82, 2.24) is 0 Å². The Morgan fingerprint density at radius 3 is 1.06 bits per heavy atom. The van der Waals surface area contributed by atoms with Crippen LogP contribution in [-0.2, 0) is 4.52 Å². The third-order valence-electron chi connectivity index (χ3n) is 6.07. The quantitative estimate of drug-likeness (QED) is 0.0600. The SMILES string of the molecule is CCCCCCCCCCCCCOP(O)O.CCCCCCCCCCCCC[PH](O)(O)O. The molecule has 0 unspecified atom stereocenters. The van der Waals surface area contributed by atoms with Crippen molar-refractivity contribution < 1.29 is 29.0 Å². The fourth-order valence-corrected chi connectivity index (χ4v) is 4.96. The molecule has 0 amide bonds. The van der Waals surface area contributed by atoms with Gasteiger partial charge in [0.1, 0.15) is 0 Å². The van der Waals surface area contributed by atoms with Crippen LogP contribution in [0.15, 0.2) is 0 Å². The predicted molar refractivity (Wildman–Crippen MR) is 150 cm³/mol. The first kappa shape index (κ1) is 36.8. The number of hydrogen-bond donors (Lipinski definition) is 5. The molecule has 0 aliphatic heterocycles. The maximum atomic E-state index is 8.81. The summed E-state index contributed by atoms with van der Waals surface area (Å²) >= 11 is 0. The van der Waals surface area contributed by atoms with Crippen LogP contribution >= 0.6 is 16.5 Å². The van der Waals surface area contributed by atoms with Gasteiger partial charge in [-0.25, -0.2) is 0 Å². The molecule has 0 spiro atoms. The van der Waals surface area contributed by atoms with Gasteiger partial charge in [0.2, 0.25) is 0 Å². The van der Waals surface area contributed by atoms with E-state index < -0.39 is 16.5 Å². The van der Waals surface area contributed by atoms with Gasteiger partial charge in [-0.1, -0.05) is 78.1 Å². The minimum atomic E-state index is -3.75. The monoisotopic (exact) mass is 530 g/mol. The number of rotatable bonds is 25. The molecule has 0 aromatic heterocycles. The second kappa shape index (κ2) is 29.8. The van der Waals surface area contributed by atoms with Crippen LogP contribution in [-0.4, -0.2) is 37.2 Å². The topological polar surface area (TPSA) is 110 Å². The predicted octanol–water partition coefficient (Wildman–Crippen LogP) is 8.29. The zero-order valence-electron chi connectivity index (χ0n) is 22.6. The first-order valence-electron chi connectivity index (χ1n) is 14.3. The van der Waals surface area contributed by atoms with E-state index in [-0.39, 0.29) is 6.16 Å². The molecule has 0 aromatic rings. The molecule has 0 atom stereocenters. The van der Waals surface area contributed by atoms with Gasteiger partial charge in [0.05, 0.1) is 6.61 Å². The minimum absolute atomic E-state index is 0.198. The summed E-state index contributed by atoms with van der Waals surface area (Å²) in [6.45, 7) is 4.97. The van der Waals surface area contributed by atoms with Crippen molar-refractivity contribution in [2.75, 3.05) is 12.8 Å². The third kappa shape index (κ3) is 39.8. The molecule has 6 nitrogen and oxygen atoms in total. The molecule has 0 rings (SSSR count). The third-order valence-corrected chi connectivity index (χ3v) is 7.51. The fourth-order valence-electron chi connectivity index (χ4n) is 3.94. The zero-order valence-corrected chi connectivity index (χ0v) is 24.5. The summed E-state index contributed by atoms with van der Waals surface area (Å²) in [4.78, 5) is 43.5. The molecule has 0 heterocycles. The Hall–Kier alpha value is 0.620.